The molecular formula is C24H38ClNO3. The number of amides is 1. The molecule has 1 aliphatic rings. The van der Waals surface area contributed by atoms with Gasteiger partial charge in [0.2, 0.25) is 5.91 Å². The summed E-state index contributed by atoms with van der Waals surface area (Å²) in [5.41, 5.74) is 2.76. The van der Waals surface area contributed by atoms with Gasteiger partial charge in [0.1, 0.15) is 0 Å². The van der Waals surface area contributed by atoms with Gasteiger partial charge in [0.25, 0.3) is 0 Å². The van der Waals surface area contributed by atoms with Crippen LogP contribution in [0.2, 0.25) is 0 Å². The summed E-state index contributed by atoms with van der Waals surface area (Å²) >= 11 is 5.87. The Morgan fingerprint density at radius 2 is 2.07 bits per heavy atom. The van der Waals surface area contributed by atoms with Gasteiger partial charge in [0.05, 0.1) is 6.10 Å². The molecular weight excluding hydrogens is 386 g/mol. The molecule has 0 aromatic heterocycles. The van der Waals surface area contributed by atoms with Crippen LogP contribution in [-0.2, 0) is 14.3 Å². The normalized spacial score (nSPS) is 16.2. The monoisotopic (exact) mass is 423 g/mol. The highest BCUT2D eigenvalue weighted by molar-refractivity contribution is 6.26. The summed E-state index contributed by atoms with van der Waals surface area (Å²) in [6, 6.07) is 0. The molecule has 0 radical (unpaired) electrons. The number of allylic oxidation sites excluding steroid dienone is 2. The summed E-state index contributed by atoms with van der Waals surface area (Å²) in [7, 11) is 1.77. The molecule has 0 bridgehead atoms. The molecule has 1 rings (SSSR count). The molecule has 1 amide bonds. The second-order valence-electron chi connectivity index (χ2n) is 7.65. The van der Waals surface area contributed by atoms with Crippen molar-refractivity contribution >= 4 is 23.3 Å². The highest BCUT2D eigenvalue weighted by atomic mass is 35.5. The lowest BCUT2D eigenvalue weighted by Crippen LogP contribution is -2.27. The maximum absolute atomic E-state index is 12.1. The van der Waals surface area contributed by atoms with E-state index in [0.717, 1.165) is 25.7 Å². The van der Waals surface area contributed by atoms with Crippen LogP contribution in [0.25, 0.3) is 0 Å². The number of ketones is 1. The summed E-state index contributed by atoms with van der Waals surface area (Å²) in [6.07, 6.45) is 18.2. The van der Waals surface area contributed by atoms with Crippen molar-refractivity contribution in [3.63, 3.8) is 0 Å². The Bertz CT molecular complexity index is 581. The number of halogens is 1. The predicted octanol–water partition coefficient (Wildman–Crippen LogP) is 6.01. The van der Waals surface area contributed by atoms with E-state index in [-0.39, 0.29) is 17.8 Å². The van der Waals surface area contributed by atoms with Crippen molar-refractivity contribution in [3.05, 3.63) is 34.9 Å². The quantitative estimate of drug-likeness (QED) is 0.259. The third-order valence-electron chi connectivity index (χ3n) is 5.28. The van der Waals surface area contributed by atoms with E-state index in [1.807, 2.05) is 12.2 Å². The third kappa shape index (κ3) is 11.4. The number of rotatable bonds is 15. The first-order chi connectivity index (χ1) is 14.1. The fourth-order valence-electron chi connectivity index (χ4n) is 3.43. The molecule has 0 aromatic carbocycles. The van der Waals surface area contributed by atoms with Crippen LogP contribution in [0.15, 0.2) is 34.9 Å². The molecule has 0 aromatic rings. The number of Topliss-reactive ketones (excluding diaryl/α,β-unsaturated/α-hetero) is 1. The molecule has 1 atom stereocenters. The predicted molar refractivity (Wildman–Crippen MR) is 121 cm³/mol. The molecule has 4 nitrogen and oxygen atoms in total. The van der Waals surface area contributed by atoms with Crippen LogP contribution in [0.3, 0.4) is 0 Å². The zero-order chi connectivity index (χ0) is 21.3. The molecule has 1 N–H and O–H groups in total. The molecule has 1 aliphatic carbocycles. The van der Waals surface area contributed by atoms with Crippen LogP contribution < -0.4 is 5.32 Å². The van der Waals surface area contributed by atoms with Crippen molar-refractivity contribution in [2.24, 2.45) is 0 Å². The second kappa shape index (κ2) is 16.4. The molecule has 0 fully saturated rings. The average Bonchev–Trinajstić information content (AvgIpc) is 2.73. The van der Waals surface area contributed by atoms with Crippen LogP contribution in [0.5, 0.6) is 0 Å². The van der Waals surface area contributed by atoms with Gasteiger partial charge in [0, 0.05) is 37.6 Å². The van der Waals surface area contributed by atoms with Gasteiger partial charge in [-0.1, -0.05) is 68.9 Å². The zero-order valence-corrected chi connectivity index (χ0v) is 18.9. The number of ether oxygens (including phenoxy) is 1. The minimum Gasteiger partial charge on any atom is -0.381 e. The summed E-state index contributed by atoms with van der Waals surface area (Å²) in [6.45, 7) is 2.53. The van der Waals surface area contributed by atoms with Crippen LogP contribution in [-0.4, -0.2) is 31.4 Å². The number of hydrogen-bond donors (Lipinski definition) is 1. The van der Waals surface area contributed by atoms with E-state index in [4.69, 9.17) is 16.3 Å². The number of hydrogen-bond acceptors (Lipinski definition) is 3. The SMILES string of the molecule is CCCCCCC[C@@H](C/C=C/CCC(=O)NC/C(=C\Cl)C1=CCCCC1=O)OC. The van der Waals surface area contributed by atoms with Crippen LogP contribution in [0.1, 0.15) is 84.0 Å². The average molecular weight is 424 g/mol. The van der Waals surface area contributed by atoms with Crippen LogP contribution in [0, 0.1) is 0 Å². The highest BCUT2D eigenvalue weighted by Crippen LogP contribution is 2.21. The maximum Gasteiger partial charge on any atom is 0.220 e. The van der Waals surface area contributed by atoms with Crippen molar-refractivity contribution in [2.45, 2.75) is 90.1 Å². The lowest BCUT2D eigenvalue weighted by atomic mass is 9.93. The molecule has 164 valence electrons. The van der Waals surface area contributed by atoms with Crippen molar-refractivity contribution < 1.29 is 14.3 Å². The molecule has 0 spiro atoms. The van der Waals surface area contributed by atoms with Gasteiger partial charge < -0.3 is 10.1 Å². The molecule has 29 heavy (non-hydrogen) atoms. The number of carbonyl (C=O) groups is 2. The van der Waals surface area contributed by atoms with Crippen molar-refractivity contribution in [2.75, 3.05) is 13.7 Å². The van der Waals surface area contributed by atoms with Gasteiger partial charge in [-0.3, -0.25) is 9.59 Å². The fourth-order valence-corrected chi connectivity index (χ4v) is 3.62. The zero-order valence-electron chi connectivity index (χ0n) is 18.2. The summed E-state index contributed by atoms with van der Waals surface area (Å²) in [5.74, 6) is 0.0760. The number of carbonyl (C=O) groups excluding carboxylic acids is 2. The fraction of sp³-hybridized carbons (Fsp3) is 0.667. The summed E-state index contributed by atoms with van der Waals surface area (Å²) < 4.78 is 5.55. The van der Waals surface area contributed by atoms with Crippen molar-refractivity contribution in [1.82, 2.24) is 5.32 Å². The maximum atomic E-state index is 12.1. The van der Waals surface area contributed by atoms with E-state index >= 15 is 0 Å². The minimum absolute atomic E-state index is 0.0336. The standard InChI is InChI=1S/C24H38ClNO3/c1-3-4-5-6-8-13-21(29-2)14-9-7-10-17-24(28)26-19-20(18-25)22-15-11-12-16-23(22)27/h7,9,15,18,21H,3-6,8,10-14,16-17,19H2,1-2H3,(H,26,28)/b9-7+,20-18+/t21-/m0/s1. The molecule has 0 aliphatic heterocycles. The van der Waals surface area contributed by atoms with E-state index in [1.54, 1.807) is 7.11 Å². The lowest BCUT2D eigenvalue weighted by molar-refractivity contribution is -0.121. The number of nitrogens with one attached hydrogen (secondary N) is 1. The lowest BCUT2D eigenvalue weighted by Gasteiger charge is -2.15. The van der Waals surface area contributed by atoms with Gasteiger partial charge >= 0.3 is 0 Å². The van der Waals surface area contributed by atoms with Gasteiger partial charge in [-0.05, 0) is 37.7 Å². The van der Waals surface area contributed by atoms with Gasteiger partial charge in [-0.25, -0.2) is 0 Å². The van der Waals surface area contributed by atoms with Gasteiger partial charge in [0.15, 0.2) is 5.78 Å². The van der Waals surface area contributed by atoms with Crippen LogP contribution in [0.4, 0.5) is 0 Å². The Morgan fingerprint density at radius 1 is 1.28 bits per heavy atom. The van der Waals surface area contributed by atoms with E-state index in [1.165, 1.54) is 37.6 Å². The Balaban J connectivity index is 2.21. The Labute approximate surface area is 181 Å². The summed E-state index contributed by atoms with van der Waals surface area (Å²) in [5, 5.41) is 2.86. The van der Waals surface area contributed by atoms with Crippen LogP contribution >= 0.6 is 11.6 Å². The first kappa shape index (κ1) is 25.6. The van der Waals surface area contributed by atoms with E-state index in [2.05, 4.69) is 18.3 Å². The number of unbranched alkanes of at least 4 members (excludes halogenated alkanes) is 4. The van der Waals surface area contributed by atoms with Crippen molar-refractivity contribution in [3.8, 4) is 0 Å². The molecule has 5 heteroatoms. The second-order valence-corrected chi connectivity index (χ2v) is 7.87. The van der Waals surface area contributed by atoms with E-state index in [0.29, 0.717) is 37.0 Å². The Kier molecular flexibility index (Phi) is 14.5. The first-order valence-corrected chi connectivity index (χ1v) is 11.5. The third-order valence-corrected chi connectivity index (χ3v) is 5.54. The Hall–Kier alpha value is -1.39. The smallest absolute Gasteiger partial charge is 0.220 e. The Morgan fingerprint density at radius 3 is 2.76 bits per heavy atom. The van der Waals surface area contributed by atoms with Crippen molar-refractivity contribution in [1.29, 1.82) is 0 Å². The first-order valence-electron chi connectivity index (χ1n) is 11.1. The molecule has 0 unspecified atom stereocenters. The van der Waals surface area contributed by atoms with Gasteiger partial charge in [-0.15, -0.1) is 0 Å². The summed E-state index contributed by atoms with van der Waals surface area (Å²) in [4.78, 5) is 24.0. The minimum atomic E-state index is -0.0336. The molecule has 0 saturated carbocycles. The van der Waals surface area contributed by atoms with Gasteiger partial charge in [-0.2, -0.15) is 0 Å². The molecule has 0 saturated heterocycles. The molecule has 0 heterocycles. The number of methoxy groups -OCH3 is 1. The largest absolute Gasteiger partial charge is 0.381 e. The topological polar surface area (TPSA) is 55.4 Å². The van der Waals surface area contributed by atoms with E-state index in [9.17, 15) is 9.59 Å². The highest BCUT2D eigenvalue weighted by Gasteiger charge is 2.17. The van der Waals surface area contributed by atoms with E-state index < -0.39 is 0 Å².